The Balaban J connectivity index is 2.44. The maximum Gasteiger partial charge on any atom is 0.189 e. The van der Waals surface area contributed by atoms with Gasteiger partial charge in [-0.05, 0) is 24.6 Å². The zero-order valence-corrected chi connectivity index (χ0v) is 12.9. The maximum absolute atomic E-state index is 5.77. The molecule has 0 saturated heterocycles. The van der Waals surface area contributed by atoms with E-state index >= 15 is 0 Å². The lowest BCUT2D eigenvalue weighted by Crippen LogP contribution is -2.32. The van der Waals surface area contributed by atoms with Gasteiger partial charge < -0.3 is 20.5 Å². The molecular formula is C16H25N3O2. The summed E-state index contributed by atoms with van der Waals surface area (Å²) in [5.41, 5.74) is 7.84. The topological polar surface area (TPSA) is 68.9 Å². The number of aliphatic imine (C=N–C) groups is 1. The smallest absolute Gasteiger partial charge is 0.189 e. The van der Waals surface area contributed by atoms with Gasteiger partial charge in [-0.2, -0.15) is 0 Å². The normalized spacial score (nSPS) is 11.2. The van der Waals surface area contributed by atoms with Crippen LogP contribution in [0.4, 0.5) is 0 Å². The summed E-state index contributed by atoms with van der Waals surface area (Å²) in [7, 11) is 1.69. The van der Waals surface area contributed by atoms with Crippen molar-refractivity contribution in [2.24, 2.45) is 10.7 Å². The van der Waals surface area contributed by atoms with Crippen LogP contribution < -0.4 is 15.8 Å². The highest BCUT2D eigenvalue weighted by atomic mass is 16.5. The Morgan fingerprint density at radius 1 is 1.38 bits per heavy atom. The van der Waals surface area contributed by atoms with Gasteiger partial charge in [0.2, 0.25) is 0 Å². The number of nitrogens with zero attached hydrogens (tertiary/aromatic N) is 1. The predicted molar refractivity (Wildman–Crippen MR) is 86.6 cm³/mol. The van der Waals surface area contributed by atoms with Crippen molar-refractivity contribution in [2.45, 2.75) is 19.9 Å². The SMILES string of the molecule is C=C(C)CNC(N)=NCc1cccc(OCCCOC)c1. The molecule has 5 heteroatoms. The number of rotatable bonds is 9. The van der Waals surface area contributed by atoms with Gasteiger partial charge in [-0.25, -0.2) is 4.99 Å². The van der Waals surface area contributed by atoms with Crippen LogP contribution in [0.2, 0.25) is 0 Å². The molecule has 0 aromatic heterocycles. The quantitative estimate of drug-likeness (QED) is 0.316. The van der Waals surface area contributed by atoms with Crippen molar-refractivity contribution in [3.05, 3.63) is 42.0 Å². The number of ether oxygens (including phenoxy) is 2. The molecule has 0 aliphatic rings. The lowest BCUT2D eigenvalue weighted by Gasteiger charge is -2.08. The molecule has 0 amide bonds. The molecule has 0 radical (unpaired) electrons. The molecule has 0 atom stereocenters. The third-order valence-electron chi connectivity index (χ3n) is 2.66. The molecule has 0 spiro atoms. The minimum absolute atomic E-state index is 0.421. The second kappa shape index (κ2) is 9.83. The van der Waals surface area contributed by atoms with Gasteiger partial charge in [0.1, 0.15) is 5.75 Å². The first kappa shape index (κ1) is 17.0. The van der Waals surface area contributed by atoms with Crippen LogP contribution in [0, 0.1) is 0 Å². The van der Waals surface area contributed by atoms with Crippen LogP contribution in [0.15, 0.2) is 41.4 Å². The van der Waals surface area contributed by atoms with Gasteiger partial charge in [0, 0.05) is 26.7 Å². The van der Waals surface area contributed by atoms with Crippen LogP contribution in [0.25, 0.3) is 0 Å². The van der Waals surface area contributed by atoms with E-state index in [0.29, 0.717) is 32.3 Å². The summed E-state index contributed by atoms with van der Waals surface area (Å²) in [6.45, 7) is 8.24. The van der Waals surface area contributed by atoms with E-state index in [4.69, 9.17) is 15.2 Å². The first-order chi connectivity index (χ1) is 10.1. The Labute approximate surface area is 126 Å². The molecule has 0 fully saturated rings. The van der Waals surface area contributed by atoms with Crippen molar-refractivity contribution in [1.82, 2.24) is 5.32 Å². The van der Waals surface area contributed by atoms with Crippen molar-refractivity contribution in [3.63, 3.8) is 0 Å². The highest BCUT2D eigenvalue weighted by Gasteiger charge is 1.98. The monoisotopic (exact) mass is 291 g/mol. The Morgan fingerprint density at radius 2 is 2.19 bits per heavy atom. The van der Waals surface area contributed by atoms with Gasteiger partial charge in [-0.3, -0.25) is 0 Å². The summed E-state index contributed by atoms with van der Waals surface area (Å²) >= 11 is 0. The summed E-state index contributed by atoms with van der Waals surface area (Å²) in [4.78, 5) is 4.28. The Morgan fingerprint density at radius 3 is 2.90 bits per heavy atom. The summed E-state index contributed by atoms with van der Waals surface area (Å²) in [6, 6.07) is 7.86. The minimum Gasteiger partial charge on any atom is -0.493 e. The largest absolute Gasteiger partial charge is 0.493 e. The van der Waals surface area contributed by atoms with Crippen molar-refractivity contribution < 1.29 is 9.47 Å². The van der Waals surface area contributed by atoms with E-state index in [2.05, 4.69) is 16.9 Å². The van der Waals surface area contributed by atoms with Gasteiger partial charge in [0.15, 0.2) is 5.96 Å². The highest BCUT2D eigenvalue weighted by Crippen LogP contribution is 2.14. The minimum atomic E-state index is 0.421. The molecule has 0 aliphatic carbocycles. The summed E-state index contributed by atoms with van der Waals surface area (Å²) in [5.74, 6) is 1.26. The average Bonchev–Trinajstić information content (AvgIpc) is 2.48. The third-order valence-corrected chi connectivity index (χ3v) is 2.66. The van der Waals surface area contributed by atoms with Crippen molar-refractivity contribution >= 4 is 5.96 Å². The molecule has 5 nitrogen and oxygen atoms in total. The van der Waals surface area contributed by atoms with Crippen LogP contribution in [0.1, 0.15) is 18.9 Å². The number of guanidine groups is 1. The molecule has 0 heterocycles. The van der Waals surface area contributed by atoms with E-state index in [1.165, 1.54) is 0 Å². The molecule has 0 bridgehead atoms. The molecule has 3 N–H and O–H groups in total. The predicted octanol–water partition coefficient (Wildman–Crippen LogP) is 2.08. The fraction of sp³-hybridized carbons (Fsp3) is 0.438. The fourth-order valence-corrected chi connectivity index (χ4v) is 1.60. The number of methoxy groups -OCH3 is 1. The van der Waals surface area contributed by atoms with Crippen LogP contribution in [0.3, 0.4) is 0 Å². The Hall–Kier alpha value is -2.01. The molecule has 0 aliphatic heterocycles. The van der Waals surface area contributed by atoms with E-state index < -0.39 is 0 Å². The first-order valence-electron chi connectivity index (χ1n) is 7.00. The molecule has 1 aromatic rings. The van der Waals surface area contributed by atoms with Gasteiger partial charge >= 0.3 is 0 Å². The van der Waals surface area contributed by atoms with E-state index in [0.717, 1.165) is 23.3 Å². The third kappa shape index (κ3) is 7.99. The Bertz CT molecular complexity index is 472. The van der Waals surface area contributed by atoms with E-state index in [1.54, 1.807) is 7.11 Å². The highest BCUT2D eigenvalue weighted by molar-refractivity contribution is 5.78. The summed E-state index contributed by atoms with van der Waals surface area (Å²) in [5, 5.41) is 3.00. The fourth-order valence-electron chi connectivity index (χ4n) is 1.60. The maximum atomic E-state index is 5.77. The first-order valence-corrected chi connectivity index (χ1v) is 7.00. The average molecular weight is 291 g/mol. The van der Waals surface area contributed by atoms with Crippen molar-refractivity contribution in [3.8, 4) is 5.75 Å². The van der Waals surface area contributed by atoms with Gasteiger partial charge in [-0.1, -0.05) is 24.3 Å². The zero-order valence-electron chi connectivity index (χ0n) is 12.9. The van der Waals surface area contributed by atoms with Crippen LogP contribution in [-0.2, 0) is 11.3 Å². The van der Waals surface area contributed by atoms with E-state index in [-0.39, 0.29) is 0 Å². The standard InChI is InChI=1S/C16H25N3O2/c1-13(2)11-18-16(17)19-12-14-6-4-7-15(10-14)21-9-5-8-20-3/h4,6-7,10H,1,5,8-9,11-12H2,2-3H3,(H3,17,18,19). The van der Waals surface area contributed by atoms with Crippen molar-refractivity contribution in [2.75, 3.05) is 26.9 Å². The number of nitrogens with two attached hydrogens (primary N) is 1. The second-order valence-corrected chi connectivity index (χ2v) is 4.85. The van der Waals surface area contributed by atoms with Gasteiger partial charge in [-0.15, -0.1) is 0 Å². The van der Waals surface area contributed by atoms with Crippen LogP contribution in [-0.4, -0.2) is 32.8 Å². The molecule has 21 heavy (non-hydrogen) atoms. The molecule has 0 unspecified atom stereocenters. The lowest BCUT2D eigenvalue weighted by atomic mass is 10.2. The Kier molecular flexibility index (Phi) is 7.97. The molecule has 1 aromatic carbocycles. The molecular weight excluding hydrogens is 266 g/mol. The zero-order chi connectivity index (χ0) is 15.5. The second-order valence-electron chi connectivity index (χ2n) is 4.85. The van der Waals surface area contributed by atoms with Gasteiger partial charge in [0.05, 0.1) is 13.2 Å². The summed E-state index contributed by atoms with van der Waals surface area (Å²) < 4.78 is 10.6. The molecule has 116 valence electrons. The summed E-state index contributed by atoms with van der Waals surface area (Å²) in [6.07, 6.45) is 0.872. The van der Waals surface area contributed by atoms with Gasteiger partial charge in [0.25, 0.3) is 0 Å². The molecule has 0 saturated carbocycles. The number of hydrogen-bond donors (Lipinski definition) is 2. The van der Waals surface area contributed by atoms with Crippen molar-refractivity contribution in [1.29, 1.82) is 0 Å². The van der Waals surface area contributed by atoms with Crippen LogP contribution in [0.5, 0.6) is 5.75 Å². The number of benzene rings is 1. The van der Waals surface area contributed by atoms with Crippen LogP contribution >= 0.6 is 0 Å². The lowest BCUT2D eigenvalue weighted by molar-refractivity contribution is 0.172. The van der Waals surface area contributed by atoms with E-state index in [1.807, 2.05) is 31.2 Å². The number of nitrogens with one attached hydrogen (secondary N) is 1. The number of hydrogen-bond acceptors (Lipinski definition) is 3. The molecule has 1 rings (SSSR count). The van der Waals surface area contributed by atoms with E-state index in [9.17, 15) is 0 Å².